The van der Waals surface area contributed by atoms with Gasteiger partial charge in [-0.15, -0.1) is 0 Å². The molecule has 0 aliphatic heterocycles. The Morgan fingerprint density at radius 3 is 2.67 bits per heavy atom. The monoisotopic (exact) mass is 163 g/mol. The fourth-order valence-electron chi connectivity index (χ4n) is 1.06. The van der Waals surface area contributed by atoms with Gasteiger partial charge < -0.3 is 5.01 Å². The van der Waals surface area contributed by atoms with Crippen molar-refractivity contribution in [1.29, 1.82) is 0 Å². The highest BCUT2D eigenvalue weighted by molar-refractivity contribution is 5.87. The second-order valence-corrected chi connectivity index (χ2v) is 2.56. The van der Waals surface area contributed by atoms with E-state index in [9.17, 15) is 0 Å². The molecule has 0 aliphatic carbocycles. The molecule has 0 aliphatic rings. The first-order chi connectivity index (χ1) is 5.75. The number of para-hydroxylation sites is 1. The van der Waals surface area contributed by atoms with Crippen LogP contribution >= 0.6 is 0 Å². The van der Waals surface area contributed by atoms with Crippen LogP contribution in [0.3, 0.4) is 0 Å². The van der Waals surface area contributed by atoms with Crippen molar-refractivity contribution in [3.63, 3.8) is 0 Å². The number of benzene rings is 1. The fraction of sp³-hybridized carbons (Fsp3) is 0.222. The normalized spacial score (nSPS) is 10.6. The summed E-state index contributed by atoms with van der Waals surface area (Å²) in [7, 11) is 3.55. The molecule has 1 aromatic carbocycles. The summed E-state index contributed by atoms with van der Waals surface area (Å²) >= 11 is 0. The van der Waals surface area contributed by atoms with E-state index in [0.717, 1.165) is 11.3 Å². The molecule has 0 saturated carbocycles. The smallest absolute Gasteiger partial charge is 0.0601 e. The van der Waals surface area contributed by atoms with E-state index in [1.165, 1.54) is 0 Å². The highest BCUT2D eigenvalue weighted by atomic mass is 15.4. The van der Waals surface area contributed by atoms with Crippen LogP contribution in [0.5, 0.6) is 0 Å². The lowest BCUT2D eigenvalue weighted by Crippen LogP contribution is -2.26. The molecule has 0 saturated heterocycles. The Balaban J connectivity index is 3.08. The first-order valence-corrected chi connectivity index (χ1v) is 3.75. The number of anilines is 1. The molecule has 12 heavy (non-hydrogen) atoms. The minimum Gasteiger partial charge on any atom is -0.313 e. The molecule has 3 heteroatoms. The zero-order valence-electron chi connectivity index (χ0n) is 7.36. The standard InChI is InChI=1S/C9H13N3/c1-11-7-8-5-3-4-6-9(8)12(2)10/h3-7H,10H2,1-2H3. The van der Waals surface area contributed by atoms with E-state index in [-0.39, 0.29) is 0 Å². The van der Waals surface area contributed by atoms with E-state index in [1.807, 2.05) is 31.3 Å². The van der Waals surface area contributed by atoms with Crippen molar-refractivity contribution in [2.75, 3.05) is 19.1 Å². The van der Waals surface area contributed by atoms with Gasteiger partial charge in [-0.25, -0.2) is 5.84 Å². The average molecular weight is 163 g/mol. The second kappa shape index (κ2) is 3.88. The summed E-state index contributed by atoms with van der Waals surface area (Å²) in [4.78, 5) is 3.94. The molecule has 0 bridgehead atoms. The lowest BCUT2D eigenvalue weighted by Gasteiger charge is -2.13. The van der Waals surface area contributed by atoms with Crippen LogP contribution in [0.4, 0.5) is 5.69 Å². The minimum absolute atomic E-state index is 0.975. The summed E-state index contributed by atoms with van der Waals surface area (Å²) in [5, 5.41) is 1.58. The van der Waals surface area contributed by atoms with E-state index < -0.39 is 0 Å². The number of hydrogen-bond donors (Lipinski definition) is 1. The first kappa shape index (κ1) is 8.74. The van der Waals surface area contributed by atoms with Crippen molar-refractivity contribution < 1.29 is 0 Å². The van der Waals surface area contributed by atoms with Crippen molar-refractivity contribution in [3.8, 4) is 0 Å². The predicted octanol–water partition coefficient (Wildman–Crippen LogP) is 1.05. The maximum Gasteiger partial charge on any atom is 0.0601 e. The molecule has 0 unspecified atom stereocenters. The molecule has 2 N–H and O–H groups in total. The van der Waals surface area contributed by atoms with Crippen LogP contribution < -0.4 is 10.9 Å². The van der Waals surface area contributed by atoms with Crippen LogP contribution in [0.1, 0.15) is 5.56 Å². The zero-order chi connectivity index (χ0) is 8.97. The largest absolute Gasteiger partial charge is 0.313 e. The van der Waals surface area contributed by atoms with Gasteiger partial charge in [0.2, 0.25) is 0 Å². The van der Waals surface area contributed by atoms with Crippen molar-refractivity contribution in [3.05, 3.63) is 29.8 Å². The highest BCUT2D eigenvalue weighted by Crippen LogP contribution is 2.14. The third kappa shape index (κ3) is 1.83. The summed E-state index contributed by atoms with van der Waals surface area (Å²) in [6.45, 7) is 0. The molecule has 0 fully saturated rings. The van der Waals surface area contributed by atoms with Crippen LogP contribution in [-0.4, -0.2) is 20.3 Å². The van der Waals surface area contributed by atoms with Gasteiger partial charge in [0.05, 0.1) is 5.69 Å². The summed E-state index contributed by atoms with van der Waals surface area (Å²) in [6.07, 6.45) is 1.79. The Kier molecular flexibility index (Phi) is 2.82. The van der Waals surface area contributed by atoms with Crippen LogP contribution in [0, 0.1) is 0 Å². The van der Waals surface area contributed by atoms with Crippen molar-refractivity contribution in [1.82, 2.24) is 0 Å². The maximum atomic E-state index is 5.62. The van der Waals surface area contributed by atoms with Crippen molar-refractivity contribution in [2.45, 2.75) is 0 Å². The lowest BCUT2D eigenvalue weighted by atomic mass is 10.2. The molecule has 1 aromatic rings. The van der Waals surface area contributed by atoms with Gasteiger partial charge >= 0.3 is 0 Å². The number of nitrogens with two attached hydrogens (primary N) is 1. The molecule has 1 rings (SSSR count). The maximum absolute atomic E-state index is 5.62. The Bertz CT molecular complexity index is 279. The second-order valence-electron chi connectivity index (χ2n) is 2.56. The van der Waals surface area contributed by atoms with Gasteiger partial charge in [-0.1, -0.05) is 18.2 Å². The molecule has 0 heterocycles. The van der Waals surface area contributed by atoms with E-state index in [0.29, 0.717) is 0 Å². The van der Waals surface area contributed by atoms with Crippen molar-refractivity contribution in [2.24, 2.45) is 10.8 Å². The number of rotatable bonds is 2. The summed E-state index contributed by atoms with van der Waals surface area (Å²) < 4.78 is 0. The number of nitrogens with zero attached hydrogens (tertiary/aromatic N) is 2. The molecule has 0 aromatic heterocycles. The molecule has 0 radical (unpaired) electrons. The van der Waals surface area contributed by atoms with Gasteiger partial charge in [0.15, 0.2) is 0 Å². The highest BCUT2D eigenvalue weighted by Gasteiger charge is 1.99. The van der Waals surface area contributed by atoms with Gasteiger partial charge in [0, 0.05) is 25.9 Å². The van der Waals surface area contributed by atoms with Crippen molar-refractivity contribution >= 4 is 11.9 Å². The Morgan fingerprint density at radius 2 is 2.08 bits per heavy atom. The third-order valence-corrected chi connectivity index (χ3v) is 1.58. The Hall–Kier alpha value is -1.35. The molecule has 0 spiro atoms. The van der Waals surface area contributed by atoms with Gasteiger partial charge in [-0.05, 0) is 6.07 Å². The summed E-state index contributed by atoms with van der Waals surface area (Å²) in [6, 6.07) is 7.85. The number of hydrazine groups is 1. The molecule has 3 nitrogen and oxygen atoms in total. The third-order valence-electron chi connectivity index (χ3n) is 1.58. The molecular formula is C9H13N3. The molecular weight excluding hydrogens is 150 g/mol. The van der Waals surface area contributed by atoms with E-state index >= 15 is 0 Å². The predicted molar refractivity (Wildman–Crippen MR) is 52.6 cm³/mol. The van der Waals surface area contributed by atoms with Gasteiger partial charge in [0.25, 0.3) is 0 Å². The molecule has 0 atom stereocenters. The SMILES string of the molecule is CN=Cc1ccccc1N(C)N. The van der Waals surface area contributed by atoms with Crippen LogP contribution in [0.2, 0.25) is 0 Å². The molecule has 0 amide bonds. The quantitative estimate of drug-likeness (QED) is 0.402. The number of aliphatic imine (C=N–C) groups is 1. The van der Waals surface area contributed by atoms with Gasteiger partial charge in [-0.2, -0.15) is 0 Å². The van der Waals surface area contributed by atoms with Gasteiger partial charge in [-0.3, -0.25) is 4.99 Å². The van der Waals surface area contributed by atoms with E-state index in [1.54, 1.807) is 18.3 Å². The number of hydrogen-bond acceptors (Lipinski definition) is 3. The summed E-state index contributed by atoms with van der Waals surface area (Å²) in [5.41, 5.74) is 2.01. The fourth-order valence-corrected chi connectivity index (χ4v) is 1.06. The Morgan fingerprint density at radius 1 is 1.42 bits per heavy atom. The topological polar surface area (TPSA) is 41.6 Å². The zero-order valence-corrected chi connectivity index (χ0v) is 7.36. The first-order valence-electron chi connectivity index (χ1n) is 3.75. The van der Waals surface area contributed by atoms with E-state index in [2.05, 4.69) is 4.99 Å². The van der Waals surface area contributed by atoms with Crippen LogP contribution in [-0.2, 0) is 0 Å². The van der Waals surface area contributed by atoms with Crippen LogP contribution in [0.25, 0.3) is 0 Å². The molecule has 64 valence electrons. The summed E-state index contributed by atoms with van der Waals surface area (Å²) in [5.74, 6) is 5.62. The van der Waals surface area contributed by atoms with Gasteiger partial charge in [0.1, 0.15) is 0 Å². The lowest BCUT2D eigenvalue weighted by molar-refractivity contribution is 1.02. The van der Waals surface area contributed by atoms with Crippen LogP contribution in [0.15, 0.2) is 29.3 Å². The average Bonchev–Trinajstić information content (AvgIpc) is 2.05. The Labute approximate surface area is 72.5 Å². The van der Waals surface area contributed by atoms with E-state index in [4.69, 9.17) is 5.84 Å². The minimum atomic E-state index is 0.975.